The maximum atomic E-state index is 12.6. The Morgan fingerprint density at radius 2 is 1.64 bits per heavy atom. The molecule has 2 atom stereocenters. The Balaban J connectivity index is 1.36. The molecule has 0 aromatic heterocycles. The molecule has 0 aromatic carbocycles. The van der Waals surface area contributed by atoms with E-state index in [0.717, 1.165) is 39.1 Å². The van der Waals surface area contributed by atoms with Gasteiger partial charge in [0.05, 0.1) is 25.0 Å². The molecule has 7 nitrogen and oxygen atoms in total. The molecule has 7 heteroatoms. The van der Waals surface area contributed by atoms with Gasteiger partial charge in [-0.25, -0.2) is 0 Å². The van der Waals surface area contributed by atoms with Gasteiger partial charge in [-0.15, -0.1) is 0 Å². The smallest absolute Gasteiger partial charge is 0.240 e. The van der Waals surface area contributed by atoms with E-state index in [0.29, 0.717) is 19.4 Å². The summed E-state index contributed by atoms with van der Waals surface area (Å²) < 4.78 is 5.50. The summed E-state index contributed by atoms with van der Waals surface area (Å²) in [5.41, 5.74) is -0.0192. The number of carbonyl (C=O) groups excluding carboxylic acids is 3. The van der Waals surface area contributed by atoms with Crippen LogP contribution in [0.25, 0.3) is 0 Å². The van der Waals surface area contributed by atoms with Crippen LogP contribution in [0.5, 0.6) is 0 Å². The molecule has 2 aliphatic carbocycles. The molecular weight excluding hydrogens is 358 g/mol. The Labute approximate surface area is 166 Å². The lowest BCUT2D eigenvalue weighted by atomic mass is 9.79. The van der Waals surface area contributed by atoms with E-state index in [-0.39, 0.29) is 41.6 Å². The topological polar surface area (TPSA) is 79.0 Å². The van der Waals surface area contributed by atoms with Gasteiger partial charge in [-0.05, 0) is 25.7 Å². The molecule has 0 bridgehead atoms. The monoisotopic (exact) mass is 389 g/mol. The van der Waals surface area contributed by atoms with Crippen LogP contribution in [-0.2, 0) is 19.1 Å². The van der Waals surface area contributed by atoms with Gasteiger partial charge in [0.15, 0.2) is 0 Å². The molecule has 0 aromatic rings. The number of fused-ring (bicyclic) bond motifs is 1. The summed E-state index contributed by atoms with van der Waals surface area (Å²) >= 11 is 0. The van der Waals surface area contributed by atoms with Gasteiger partial charge in [0.1, 0.15) is 6.54 Å². The third kappa shape index (κ3) is 3.74. The van der Waals surface area contributed by atoms with Gasteiger partial charge in [0, 0.05) is 25.2 Å². The number of rotatable bonds is 5. The first-order valence-corrected chi connectivity index (χ1v) is 10.7. The summed E-state index contributed by atoms with van der Waals surface area (Å²) in [6.07, 6.45) is 10.9. The molecule has 1 saturated carbocycles. The molecule has 2 aliphatic heterocycles. The number of hydrogen-bond donors (Lipinski definition) is 1. The van der Waals surface area contributed by atoms with E-state index in [4.69, 9.17) is 4.74 Å². The van der Waals surface area contributed by atoms with Crippen LogP contribution >= 0.6 is 0 Å². The summed E-state index contributed by atoms with van der Waals surface area (Å²) in [6.45, 7) is 3.71. The standard InChI is InChI=1S/C21H31N3O4/c25-18(14-24-19(26)16-6-2-3-7-17(16)20(24)27)22-15-21(8-4-1-5-9-21)23-10-12-28-13-11-23/h2-3,16-17H,1,4-15H2,(H,22,25)/t16-,17-/m1/s1. The average molecular weight is 389 g/mol. The Kier molecular flexibility index (Phi) is 5.83. The zero-order valence-corrected chi connectivity index (χ0v) is 16.5. The van der Waals surface area contributed by atoms with Crippen molar-refractivity contribution >= 4 is 17.7 Å². The van der Waals surface area contributed by atoms with Crippen LogP contribution in [0.15, 0.2) is 12.2 Å². The van der Waals surface area contributed by atoms with E-state index in [9.17, 15) is 14.4 Å². The summed E-state index contributed by atoms with van der Waals surface area (Å²) in [5, 5.41) is 3.06. The minimum absolute atomic E-state index is 0.0192. The summed E-state index contributed by atoms with van der Waals surface area (Å²) in [6, 6.07) is 0. The normalized spacial score (nSPS) is 30.4. The zero-order valence-electron chi connectivity index (χ0n) is 16.5. The lowest BCUT2D eigenvalue weighted by molar-refractivity contribution is -0.143. The predicted molar refractivity (Wildman–Crippen MR) is 103 cm³/mol. The Morgan fingerprint density at radius 1 is 1.04 bits per heavy atom. The number of likely N-dealkylation sites (tertiary alicyclic amines) is 1. The summed E-state index contributed by atoms with van der Waals surface area (Å²) in [5.74, 6) is -1.15. The van der Waals surface area contributed by atoms with Crippen molar-refractivity contribution in [2.24, 2.45) is 11.8 Å². The molecule has 4 aliphatic rings. The van der Waals surface area contributed by atoms with Gasteiger partial charge in [0.2, 0.25) is 17.7 Å². The van der Waals surface area contributed by atoms with Gasteiger partial charge in [-0.2, -0.15) is 0 Å². The largest absolute Gasteiger partial charge is 0.379 e. The maximum absolute atomic E-state index is 12.6. The van der Waals surface area contributed by atoms with Crippen molar-refractivity contribution in [3.8, 4) is 0 Å². The van der Waals surface area contributed by atoms with Gasteiger partial charge in [0.25, 0.3) is 0 Å². The third-order valence-electron chi connectivity index (χ3n) is 6.98. The number of ether oxygens (including phenoxy) is 1. The Bertz CT molecular complexity index is 624. The van der Waals surface area contributed by atoms with Crippen LogP contribution in [0.1, 0.15) is 44.9 Å². The number of morpholine rings is 1. The first kappa shape index (κ1) is 19.6. The first-order chi connectivity index (χ1) is 13.6. The van der Waals surface area contributed by atoms with Crippen LogP contribution in [0, 0.1) is 11.8 Å². The van der Waals surface area contributed by atoms with Crippen LogP contribution in [0.4, 0.5) is 0 Å². The van der Waals surface area contributed by atoms with Gasteiger partial charge < -0.3 is 10.1 Å². The number of carbonyl (C=O) groups is 3. The number of nitrogens with one attached hydrogen (secondary N) is 1. The van der Waals surface area contributed by atoms with Crippen LogP contribution in [0.3, 0.4) is 0 Å². The summed E-state index contributed by atoms with van der Waals surface area (Å²) in [7, 11) is 0. The molecule has 28 heavy (non-hydrogen) atoms. The molecule has 0 unspecified atom stereocenters. The second-order valence-corrected chi connectivity index (χ2v) is 8.58. The van der Waals surface area contributed by atoms with Crippen molar-refractivity contribution in [1.29, 1.82) is 0 Å². The third-order valence-corrected chi connectivity index (χ3v) is 6.98. The lowest BCUT2D eigenvalue weighted by Crippen LogP contribution is -2.60. The van der Waals surface area contributed by atoms with Crippen LogP contribution in [-0.4, -0.2) is 72.5 Å². The quantitative estimate of drug-likeness (QED) is 0.563. The fourth-order valence-corrected chi connectivity index (χ4v) is 5.34. The summed E-state index contributed by atoms with van der Waals surface area (Å²) in [4.78, 5) is 41.4. The Hall–Kier alpha value is -1.73. The molecule has 0 radical (unpaired) electrons. The number of nitrogens with zero attached hydrogens (tertiary/aromatic N) is 2. The molecule has 2 heterocycles. The van der Waals surface area contributed by atoms with Crippen molar-refractivity contribution in [2.45, 2.75) is 50.5 Å². The van der Waals surface area contributed by atoms with E-state index >= 15 is 0 Å². The molecule has 3 amide bonds. The SMILES string of the molecule is O=C(CN1C(=O)[C@@H]2CC=CC[C@H]2C1=O)NCC1(N2CCOCC2)CCCCC1. The molecule has 1 N–H and O–H groups in total. The van der Waals surface area contributed by atoms with E-state index in [2.05, 4.69) is 10.2 Å². The number of imide groups is 1. The van der Waals surface area contributed by atoms with E-state index in [1.54, 1.807) is 0 Å². The fourth-order valence-electron chi connectivity index (χ4n) is 5.34. The maximum Gasteiger partial charge on any atom is 0.240 e. The molecule has 2 saturated heterocycles. The fraction of sp³-hybridized carbons (Fsp3) is 0.762. The minimum atomic E-state index is -0.275. The number of hydrogen-bond acceptors (Lipinski definition) is 5. The van der Waals surface area contributed by atoms with E-state index in [1.165, 1.54) is 24.2 Å². The average Bonchev–Trinajstić information content (AvgIpc) is 2.99. The van der Waals surface area contributed by atoms with Crippen molar-refractivity contribution in [1.82, 2.24) is 15.1 Å². The van der Waals surface area contributed by atoms with Gasteiger partial charge in [-0.3, -0.25) is 24.2 Å². The number of allylic oxidation sites excluding steroid dienone is 2. The highest BCUT2D eigenvalue weighted by molar-refractivity contribution is 6.07. The van der Waals surface area contributed by atoms with Crippen molar-refractivity contribution < 1.29 is 19.1 Å². The van der Waals surface area contributed by atoms with Crippen molar-refractivity contribution in [2.75, 3.05) is 39.4 Å². The second kappa shape index (κ2) is 8.33. The predicted octanol–water partition coefficient (Wildman–Crippen LogP) is 1.09. The highest BCUT2D eigenvalue weighted by Crippen LogP contribution is 2.35. The highest BCUT2D eigenvalue weighted by atomic mass is 16.5. The van der Waals surface area contributed by atoms with E-state index in [1.807, 2.05) is 12.2 Å². The van der Waals surface area contributed by atoms with Crippen LogP contribution < -0.4 is 5.32 Å². The molecular formula is C21H31N3O4. The van der Waals surface area contributed by atoms with Crippen LogP contribution in [0.2, 0.25) is 0 Å². The minimum Gasteiger partial charge on any atom is -0.379 e. The van der Waals surface area contributed by atoms with E-state index < -0.39 is 0 Å². The second-order valence-electron chi connectivity index (χ2n) is 8.58. The van der Waals surface area contributed by atoms with Gasteiger partial charge >= 0.3 is 0 Å². The molecule has 154 valence electrons. The lowest BCUT2D eigenvalue weighted by Gasteiger charge is -2.48. The molecule has 0 spiro atoms. The zero-order chi connectivity index (χ0) is 19.6. The Morgan fingerprint density at radius 3 is 2.25 bits per heavy atom. The molecule has 4 rings (SSSR count). The number of amides is 3. The van der Waals surface area contributed by atoms with Crippen molar-refractivity contribution in [3.05, 3.63) is 12.2 Å². The molecule has 3 fully saturated rings. The highest BCUT2D eigenvalue weighted by Gasteiger charge is 2.48. The first-order valence-electron chi connectivity index (χ1n) is 10.7. The van der Waals surface area contributed by atoms with Gasteiger partial charge in [-0.1, -0.05) is 31.4 Å². The van der Waals surface area contributed by atoms with Crippen molar-refractivity contribution in [3.63, 3.8) is 0 Å².